The van der Waals surface area contributed by atoms with Crippen LogP contribution < -0.4 is 5.32 Å². The van der Waals surface area contributed by atoms with E-state index in [1.807, 2.05) is 18.2 Å². The summed E-state index contributed by atoms with van der Waals surface area (Å²) in [6.45, 7) is 0.382. The minimum Gasteiger partial charge on any atom is -0.481 e. The molecule has 0 aliphatic heterocycles. The largest absolute Gasteiger partial charge is 0.481 e. The molecule has 18 heavy (non-hydrogen) atoms. The molecule has 6 heteroatoms. The number of aromatic nitrogens is 2. The van der Waals surface area contributed by atoms with Gasteiger partial charge in [-0.05, 0) is 11.6 Å². The molecule has 1 aromatic carbocycles. The highest BCUT2D eigenvalue weighted by molar-refractivity contribution is 5.81. The maximum Gasteiger partial charge on any atom is 0.303 e. The zero-order valence-corrected chi connectivity index (χ0v) is 9.64. The van der Waals surface area contributed by atoms with Gasteiger partial charge in [-0.25, -0.2) is 0 Å². The van der Waals surface area contributed by atoms with Crippen molar-refractivity contribution in [3.63, 3.8) is 0 Å². The van der Waals surface area contributed by atoms with E-state index in [0.717, 1.165) is 16.5 Å². The van der Waals surface area contributed by atoms with Gasteiger partial charge >= 0.3 is 5.97 Å². The van der Waals surface area contributed by atoms with E-state index in [1.54, 1.807) is 6.20 Å². The van der Waals surface area contributed by atoms with Crippen LogP contribution in [0.5, 0.6) is 0 Å². The Bertz CT molecular complexity index is 577. The zero-order chi connectivity index (χ0) is 13.0. The molecule has 6 nitrogen and oxygen atoms in total. The summed E-state index contributed by atoms with van der Waals surface area (Å²) in [6.07, 6.45) is 1.58. The van der Waals surface area contributed by atoms with Crippen molar-refractivity contribution in [2.75, 3.05) is 0 Å². The summed E-state index contributed by atoms with van der Waals surface area (Å²) < 4.78 is 0. The monoisotopic (exact) mass is 247 g/mol. The van der Waals surface area contributed by atoms with Crippen LogP contribution in [0.15, 0.2) is 24.4 Å². The lowest BCUT2D eigenvalue weighted by molar-refractivity contribution is -0.138. The number of carboxylic acid groups (broad SMARTS) is 1. The highest BCUT2D eigenvalue weighted by Crippen LogP contribution is 2.12. The second-order valence-electron chi connectivity index (χ2n) is 3.96. The molecular weight excluding hydrogens is 234 g/mol. The first-order chi connectivity index (χ1) is 8.65. The second-order valence-corrected chi connectivity index (χ2v) is 3.96. The normalized spacial score (nSPS) is 10.4. The van der Waals surface area contributed by atoms with Gasteiger partial charge in [0.15, 0.2) is 0 Å². The first-order valence-corrected chi connectivity index (χ1v) is 5.55. The number of hydrogen-bond acceptors (Lipinski definition) is 3. The summed E-state index contributed by atoms with van der Waals surface area (Å²) in [6, 6.07) is 5.71. The summed E-state index contributed by atoms with van der Waals surface area (Å²) in [7, 11) is 0. The summed E-state index contributed by atoms with van der Waals surface area (Å²) in [5.41, 5.74) is 1.85. The molecule has 3 N–H and O–H groups in total. The quantitative estimate of drug-likeness (QED) is 0.735. The number of nitrogens with one attached hydrogen (secondary N) is 2. The van der Waals surface area contributed by atoms with Crippen molar-refractivity contribution < 1.29 is 14.7 Å². The Balaban J connectivity index is 1.89. The summed E-state index contributed by atoms with van der Waals surface area (Å²) in [4.78, 5) is 21.6. The number of aromatic amines is 1. The number of carbonyl (C=O) groups excluding carboxylic acids is 1. The van der Waals surface area contributed by atoms with E-state index in [1.165, 1.54) is 0 Å². The molecule has 1 amide bonds. The number of carbonyl (C=O) groups is 2. The molecule has 0 atom stereocenters. The van der Waals surface area contributed by atoms with Crippen molar-refractivity contribution in [2.45, 2.75) is 19.4 Å². The fourth-order valence-electron chi connectivity index (χ4n) is 1.60. The SMILES string of the molecule is O=C(O)CCC(=O)NCc1ccc2cn[nH]c2c1. The first kappa shape index (κ1) is 12.1. The second kappa shape index (κ2) is 5.31. The van der Waals surface area contributed by atoms with E-state index in [0.29, 0.717) is 6.54 Å². The molecule has 1 heterocycles. The maximum absolute atomic E-state index is 11.3. The Hall–Kier alpha value is -2.37. The third kappa shape index (κ3) is 3.07. The van der Waals surface area contributed by atoms with Crippen LogP contribution in [-0.4, -0.2) is 27.2 Å². The van der Waals surface area contributed by atoms with Crippen molar-refractivity contribution >= 4 is 22.8 Å². The minimum absolute atomic E-state index is 0.00162. The molecule has 2 aromatic rings. The standard InChI is InChI=1S/C12H13N3O3/c16-11(3-4-12(17)18)13-6-8-1-2-9-7-14-15-10(9)5-8/h1-2,5,7H,3-4,6H2,(H,13,16)(H,14,15)(H,17,18). The molecule has 0 unspecified atom stereocenters. The van der Waals surface area contributed by atoms with Gasteiger partial charge in [-0.3, -0.25) is 14.7 Å². The van der Waals surface area contributed by atoms with E-state index >= 15 is 0 Å². The van der Waals surface area contributed by atoms with Crippen molar-refractivity contribution in [3.05, 3.63) is 30.0 Å². The molecule has 0 radical (unpaired) electrons. The number of hydrogen-bond donors (Lipinski definition) is 3. The van der Waals surface area contributed by atoms with Crippen LogP contribution in [0, 0.1) is 0 Å². The van der Waals surface area contributed by atoms with Gasteiger partial charge in [-0.15, -0.1) is 0 Å². The molecule has 0 aliphatic carbocycles. The van der Waals surface area contributed by atoms with Crippen LogP contribution in [-0.2, 0) is 16.1 Å². The number of amides is 1. The van der Waals surface area contributed by atoms with Gasteiger partial charge in [0.2, 0.25) is 5.91 Å². The predicted molar refractivity (Wildman–Crippen MR) is 64.8 cm³/mol. The van der Waals surface area contributed by atoms with E-state index in [9.17, 15) is 9.59 Å². The third-order valence-electron chi connectivity index (χ3n) is 2.56. The van der Waals surface area contributed by atoms with Gasteiger partial charge in [-0.1, -0.05) is 12.1 Å². The molecule has 0 bridgehead atoms. The van der Waals surface area contributed by atoms with Gasteiger partial charge < -0.3 is 10.4 Å². The van der Waals surface area contributed by atoms with E-state index in [-0.39, 0.29) is 18.7 Å². The lowest BCUT2D eigenvalue weighted by Crippen LogP contribution is -2.23. The highest BCUT2D eigenvalue weighted by Gasteiger charge is 2.05. The smallest absolute Gasteiger partial charge is 0.303 e. The molecule has 0 saturated heterocycles. The molecule has 2 rings (SSSR count). The molecule has 0 spiro atoms. The molecule has 94 valence electrons. The lowest BCUT2D eigenvalue weighted by Gasteiger charge is -2.04. The fraction of sp³-hybridized carbons (Fsp3) is 0.250. The fourth-order valence-corrected chi connectivity index (χ4v) is 1.60. The number of benzene rings is 1. The number of fused-ring (bicyclic) bond motifs is 1. The average Bonchev–Trinajstić information content (AvgIpc) is 2.81. The Morgan fingerprint density at radius 2 is 2.17 bits per heavy atom. The summed E-state index contributed by atoms with van der Waals surface area (Å²) in [5.74, 6) is -1.23. The van der Waals surface area contributed by atoms with Crippen molar-refractivity contribution in [1.29, 1.82) is 0 Å². The Labute approximate surface area is 103 Å². The number of nitrogens with zero attached hydrogens (tertiary/aromatic N) is 1. The zero-order valence-electron chi connectivity index (χ0n) is 9.64. The van der Waals surface area contributed by atoms with Crippen LogP contribution in [0.2, 0.25) is 0 Å². The van der Waals surface area contributed by atoms with Gasteiger partial charge in [0.1, 0.15) is 0 Å². The first-order valence-electron chi connectivity index (χ1n) is 5.55. The topological polar surface area (TPSA) is 95.1 Å². The van der Waals surface area contributed by atoms with Gasteiger partial charge in [-0.2, -0.15) is 5.10 Å². The highest BCUT2D eigenvalue weighted by atomic mass is 16.4. The third-order valence-corrected chi connectivity index (χ3v) is 2.56. The van der Waals surface area contributed by atoms with Crippen molar-refractivity contribution in [1.82, 2.24) is 15.5 Å². The van der Waals surface area contributed by atoms with Crippen LogP contribution >= 0.6 is 0 Å². The minimum atomic E-state index is -0.968. The van der Waals surface area contributed by atoms with Crippen LogP contribution in [0.25, 0.3) is 10.9 Å². The number of carboxylic acids is 1. The van der Waals surface area contributed by atoms with Crippen LogP contribution in [0.1, 0.15) is 18.4 Å². The molecule has 0 fully saturated rings. The van der Waals surface area contributed by atoms with E-state index in [2.05, 4.69) is 15.5 Å². The molecular formula is C12H13N3O3. The predicted octanol–water partition coefficient (Wildman–Crippen LogP) is 1.04. The Morgan fingerprint density at radius 1 is 1.33 bits per heavy atom. The molecule has 0 saturated carbocycles. The van der Waals surface area contributed by atoms with Crippen molar-refractivity contribution in [3.8, 4) is 0 Å². The Kier molecular flexibility index (Phi) is 3.57. The number of rotatable bonds is 5. The lowest BCUT2D eigenvalue weighted by atomic mass is 10.1. The van der Waals surface area contributed by atoms with Crippen LogP contribution in [0.4, 0.5) is 0 Å². The molecule has 1 aromatic heterocycles. The van der Waals surface area contributed by atoms with Crippen molar-refractivity contribution in [2.24, 2.45) is 0 Å². The van der Waals surface area contributed by atoms with Crippen LogP contribution in [0.3, 0.4) is 0 Å². The molecule has 0 aliphatic rings. The van der Waals surface area contributed by atoms with Gasteiger partial charge in [0, 0.05) is 18.4 Å². The van der Waals surface area contributed by atoms with Gasteiger partial charge in [0.25, 0.3) is 0 Å². The summed E-state index contributed by atoms with van der Waals surface area (Å²) >= 11 is 0. The number of H-pyrrole nitrogens is 1. The number of aliphatic carboxylic acids is 1. The van der Waals surface area contributed by atoms with E-state index in [4.69, 9.17) is 5.11 Å². The maximum atomic E-state index is 11.3. The average molecular weight is 247 g/mol. The summed E-state index contributed by atoms with van der Waals surface area (Å²) in [5, 5.41) is 18.9. The van der Waals surface area contributed by atoms with E-state index < -0.39 is 5.97 Å². The van der Waals surface area contributed by atoms with Gasteiger partial charge in [0.05, 0.1) is 18.1 Å². The Morgan fingerprint density at radius 3 is 2.94 bits per heavy atom.